The molecule has 0 bridgehead atoms. The van der Waals surface area contributed by atoms with E-state index >= 15 is 0 Å². The first-order valence-corrected chi connectivity index (χ1v) is 4.93. The van der Waals surface area contributed by atoms with Gasteiger partial charge in [0.05, 0.1) is 5.60 Å². The summed E-state index contributed by atoms with van der Waals surface area (Å²) in [5.41, 5.74) is -0.357. The van der Waals surface area contributed by atoms with E-state index in [0.717, 1.165) is 31.8 Å². The van der Waals surface area contributed by atoms with E-state index in [-0.39, 0.29) is 5.60 Å². The molecule has 1 saturated carbocycles. The molecule has 2 heteroatoms. The van der Waals surface area contributed by atoms with E-state index < -0.39 is 0 Å². The lowest BCUT2D eigenvalue weighted by atomic mass is 9.72. The van der Waals surface area contributed by atoms with E-state index in [1.54, 1.807) is 0 Å². The first kappa shape index (κ1) is 10.0. The summed E-state index contributed by atoms with van der Waals surface area (Å²) in [6, 6.07) is 0. The molecular weight excluding hydrogens is 150 g/mol. The Morgan fingerprint density at radius 3 is 2.50 bits per heavy atom. The molecule has 0 aliphatic heterocycles. The zero-order valence-electron chi connectivity index (χ0n) is 8.43. The highest BCUT2D eigenvalue weighted by Crippen LogP contribution is 2.36. The normalized spacial score (nSPS) is 35.2. The number of hydrogen-bond donors (Lipinski definition) is 2. The molecule has 0 aromatic carbocycles. The summed E-state index contributed by atoms with van der Waals surface area (Å²) in [5.74, 6) is 1.43. The minimum atomic E-state index is -0.357. The maximum Gasteiger partial charge on any atom is 0.0626 e. The molecule has 1 aliphatic carbocycles. The van der Waals surface area contributed by atoms with Crippen molar-refractivity contribution >= 4 is 0 Å². The van der Waals surface area contributed by atoms with Crippen LogP contribution < -0.4 is 5.32 Å². The van der Waals surface area contributed by atoms with Crippen molar-refractivity contribution in [2.45, 2.75) is 39.2 Å². The van der Waals surface area contributed by atoms with Crippen LogP contribution in [0, 0.1) is 11.8 Å². The minimum Gasteiger partial charge on any atom is -0.390 e. The van der Waals surface area contributed by atoms with Gasteiger partial charge in [0.15, 0.2) is 0 Å². The Hall–Kier alpha value is -0.0800. The summed E-state index contributed by atoms with van der Waals surface area (Å²) < 4.78 is 0. The molecule has 0 atom stereocenters. The van der Waals surface area contributed by atoms with Gasteiger partial charge in [0.2, 0.25) is 0 Å². The molecule has 0 amide bonds. The van der Waals surface area contributed by atoms with Gasteiger partial charge in [0.25, 0.3) is 0 Å². The zero-order chi connectivity index (χ0) is 9.19. The second-order valence-corrected chi connectivity index (χ2v) is 4.82. The Kier molecular flexibility index (Phi) is 3.13. The van der Waals surface area contributed by atoms with Gasteiger partial charge < -0.3 is 10.4 Å². The summed E-state index contributed by atoms with van der Waals surface area (Å²) in [6.07, 6.45) is 1.94. The molecule has 0 radical (unpaired) electrons. The molecular formula is C10H21NO. The van der Waals surface area contributed by atoms with Gasteiger partial charge in [-0.3, -0.25) is 0 Å². The molecule has 2 nitrogen and oxygen atoms in total. The maximum atomic E-state index is 9.46. The fourth-order valence-electron chi connectivity index (χ4n) is 1.90. The summed E-state index contributed by atoms with van der Waals surface area (Å²) in [6.45, 7) is 8.52. The minimum absolute atomic E-state index is 0.357. The van der Waals surface area contributed by atoms with Crippen molar-refractivity contribution in [1.29, 1.82) is 0 Å². The molecule has 0 aromatic heterocycles. The van der Waals surface area contributed by atoms with Crippen molar-refractivity contribution < 1.29 is 5.11 Å². The fraction of sp³-hybridized carbons (Fsp3) is 1.00. The van der Waals surface area contributed by atoms with Crippen LogP contribution >= 0.6 is 0 Å². The average Bonchev–Trinajstić information content (AvgIpc) is 1.82. The predicted octanol–water partition coefficient (Wildman–Crippen LogP) is 1.39. The Labute approximate surface area is 75.4 Å². The van der Waals surface area contributed by atoms with Crippen LogP contribution in [-0.4, -0.2) is 23.8 Å². The monoisotopic (exact) mass is 171 g/mol. The topological polar surface area (TPSA) is 32.3 Å². The molecule has 1 aliphatic rings. The third-order valence-electron chi connectivity index (χ3n) is 2.44. The van der Waals surface area contributed by atoms with Crippen molar-refractivity contribution in [3.63, 3.8) is 0 Å². The van der Waals surface area contributed by atoms with Crippen LogP contribution in [0.3, 0.4) is 0 Å². The summed E-state index contributed by atoms with van der Waals surface area (Å²) in [5, 5.41) is 12.9. The van der Waals surface area contributed by atoms with Crippen LogP contribution in [0.25, 0.3) is 0 Å². The lowest BCUT2D eigenvalue weighted by Crippen LogP contribution is -2.45. The third-order valence-corrected chi connectivity index (χ3v) is 2.44. The number of aliphatic hydroxyl groups is 1. The Bertz CT molecular complexity index is 135. The molecule has 72 valence electrons. The molecule has 1 fully saturated rings. The Morgan fingerprint density at radius 1 is 1.50 bits per heavy atom. The maximum absolute atomic E-state index is 9.46. The van der Waals surface area contributed by atoms with E-state index in [4.69, 9.17) is 0 Å². The van der Waals surface area contributed by atoms with Crippen LogP contribution in [0.2, 0.25) is 0 Å². The summed E-state index contributed by atoms with van der Waals surface area (Å²) in [7, 11) is 0. The SMILES string of the molecule is CC(C)CNCC1CC(C)(O)C1. The zero-order valence-corrected chi connectivity index (χ0v) is 8.43. The quantitative estimate of drug-likeness (QED) is 0.670. The van der Waals surface area contributed by atoms with Crippen LogP contribution in [0.1, 0.15) is 33.6 Å². The van der Waals surface area contributed by atoms with Crippen LogP contribution in [0.5, 0.6) is 0 Å². The number of nitrogens with one attached hydrogen (secondary N) is 1. The van der Waals surface area contributed by atoms with Crippen LogP contribution in [-0.2, 0) is 0 Å². The lowest BCUT2D eigenvalue weighted by molar-refractivity contribution is -0.0560. The third kappa shape index (κ3) is 3.11. The largest absolute Gasteiger partial charge is 0.390 e. The standard InChI is InChI=1S/C10H21NO/c1-8(2)6-11-7-9-4-10(3,12)5-9/h8-9,11-12H,4-7H2,1-3H3. The first-order valence-electron chi connectivity index (χ1n) is 4.93. The highest BCUT2D eigenvalue weighted by Gasteiger charge is 2.37. The first-order chi connectivity index (χ1) is 5.49. The second kappa shape index (κ2) is 3.75. The summed E-state index contributed by atoms with van der Waals surface area (Å²) >= 11 is 0. The van der Waals surface area contributed by atoms with Gasteiger partial charge in [0, 0.05) is 0 Å². The molecule has 2 N–H and O–H groups in total. The van der Waals surface area contributed by atoms with Gasteiger partial charge in [-0.1, -0.05) is 13.8 Å². The average molecular weight is 171 g/mol. The number of rotatable bonds is 4. The van der Waals surface area contributed by atoms with Crippen molar-refractivity contribution in [3.8, 4) is 0 Å². The van der Waals surface area contributed by atoms with Gasteiger partial charge >= 0.3 is 0 Å². The molecule has 0 unspecified atom stereocenters. The highest BCUT2D eigenvalue weighted by atomic mass is 16.3. The van der Waals surface area contributed by atoms with Crippen LogP contribution in [0.4, 0.5) is 0 Å². The Morgan fingerprint density at radius 2 is 2.08 bits per heavy atom. The van der Waals surface area contributed by atoms with E-state index in [0.29, 0.717) is 5.92 Å². The fourth-order valence-corrected chi connectivity index (χ4v) is 1.90. The van der Waals surface area contributed by atoms with E-state index in [2.05, 4.69) is 19.2 Å². The van der Waals surface area contributed by atoms with Gasteiger partial charge in [-0.15, -0.1) is 0 Å². The van der Waals surface area contributed by atoms with Crippen molar-refractivity contribution in [3.05, 3.63) is 0 Å². The Balaban J connectivity index is 1.97. The van der Waals surface area contributed by atoms with Gasteiger partial charge in [-0.05, 0) is 44.7 Å². The van der Waals surface area contributed by atoms with Crippen LogP contribution in [0.15, 0.2) is 0 Å². The second-order valence-electron chi connectivity index (χ2n) is 4.82. The van der Waals surface area contributed by atoms with Crippen molar-refractivity contribution in [2.75, 3.05) is 13.1 Å². The van der Waals surface area contributed by atoms with Crippen molar-refractivity contribution in [1.82, 2.24) is 5.32 Å². The lowest BCUT2D eigenvalue weighted by Gasteiger charge is -2.41. The smallest absolute Gasteiger partial charge is 0.0626 e. The van der Waals surface area contributed by atoms with Gasteiger partial charge in [0.1, 0.15) is 0 Å². The molecule has 0 saturated heterocycles. The molecule has 0 aromatic rings. The molecule has 0 spiro atoms. The molecule has 1 rings (SSSR count). The van der Waals surface area contributed by atoms with Crippen molar-refractivity contribution in [2.24, 2.45) is 11.8 Å². The van der Waals surface area contributed by atoms with Gasteiger partial charge in [-0.25, -0.2) is 0 Å². The van der Waals surface area contributed by atoms with Gasteiger partial charge in [-0.2, -0.15) is 0 Å². The van der Waals surface area contributed by atoms with E-state index in [1.165, 1.54) is 0 Å². The molecule has 12 heavy (non-hydrogen) atoms. The van der Waals surface area contributed by atoms with E-state index in [1.807, 2.05) is 6.92 Å². The molecule has 0 heterocycles. The van der Waals surface area contributed by atoms with E-state index in [9.17, 15) is 5.11 Å². The highest BCUT2D eigenvalue weighted by molar-refractivity contribution is 4.90. The predicted molar refractivity (Wildman–Crippen MR) is 51.1 cm³/mol. The number of hydrogen-bond acceptors (Lipinski definition) is 2. The summed E-state index contributed by atoms with van der Waals surface area (Å²) in [4.78, 5) is 0.